The van der Waals surface area contributed by atoms with Crippen molar-refractivity contribution in [3.63, 3.8) is 0 Å². The van der Waals surface area contributed by atoms with Crippen LogP contribution in [0.3, 0.4) is 0 Å². The van der Waals surface area contributed by atoms with Crippen molar-refractivity contribution in [3.8, 4) is 0 Å². The Morgan fingerprint density at radius 3 is 2.67 bits per heavy atom. The zero-order chi connectivity index (χ0) is 12.6. The van der Waals surface area contributed by atoms with Crippen molar-refractivity contribution in [2.24, 2.45) is 0 Å². The third-order valence-corrected chi connectivity index (χ3v) is 4.81. The molecule has 0 saturated heterocycles. The summed E-state index contributed by atoms with van der Waals surface area (Å²) in [6.45, 7) is 2.13. The van der Waals surface area contributed by atoms with Gasteiger partial charge in [-0.15, -0.1) is 11.8 Å². The molecule has 1 aromatic heterocycles. The third-order valence-electron chi connectivity index (χ3n) is 2.53. The maximum Gasteiger partial charge on any atom is 0.0176 e. The molecule has 0 spiro atoms. The summed E-state index contributed by atoms with van der Waals surface area (Å²) in [5.41, 5.74) is 1.44. The maximum absolute atomic E-state index is 3.48. The standard InChI is InChI=1S/C14H16BrNS2/c15-13-1-3-14(4-2-13)18-10-8-16-7-5-12-6-9-17-11-12/h1-4,6,9,11,16H,5,7-8,10H2. The van der Waals surface area contributed by atoms with E-state index in [9.17, 15) is 0 Å². The first kappa shape index (κ1) is 14.1. The van der Waals surface area contributed by atoms with Crippen molar-refractivity contribution < 1.29 is 0 Å². The number of nitrogens with one attached hydrogen (secondary N) is 1. The number of rotatable bonds is 7. The molecule has 0 bridgehead atoms. The summed E-state index contributed by atoms with van der Waals surface area (Å²) in [5, 5.41) is 7.84. The van der Waals surface area contributed by atoms with Crippen LogP contribution in [0.15, 0.2) is 50.5 Å². The Balaban J connectivity index is 1.55. The second kappa shape index (κ2) is 8.00. The maximum atomic E-state index is 3.48. The van der Waals surface area contributed by atoms with Gasteiger partial charge in [-0.1, -0.05) is 15.9 Å². The summed E-state index contributed by atoms with van der Waals surface area (Å²) < 4.78 is 1.14. The van der Waals surface area contributed by atoms with E-state index in [1.54, 1.807) is 11.3 Å². The summed E-state index contributed by atoms with van der Waals surface area (Å²) in [6.07, 6.45) is 1.13. The molecule has 0 atom stereocenters. The molecular formula is C14H16BrNS2. The van der Waals surface area contributed by atoms with Crippen LogP contribution in [0.1, 0.15) is 5.56 Å². The molecule has 4 heteroatoms. The molecule has 1 heterocycles. The molecule has 0 aliphatic heterocycles. The largest absolute Gasteiger partial charge is 0.316 e. The van der Waals surface area contributed by atoms with E-state index >= 15 is 0 Å². The second-order valence-corrected chi connectivity index (χ2v) is 6.80. The van der Waals surface area contributed by atoms with E-state index in [-0.39, 0.29) is 0 Å². The molecule has 0 radical (unpaired) electrons. The normalized spacial score (nSPS) is 10.7. The van der Waals surface area contributed by atoms with Crippen LogP contribution in [0.4, 0.5) is 0 Å². The van der Waals surface area contributed by atoms with Gasteiger partial charge in [-0.3, -0.25) is 0 Å². The fraction of sp³-hybridized carbons (Fsp3) is 0.286. The quantitative estimate of drug-likeness (QED) is 0.590. The third kappa shape index (κ3) is 5.14. The first-order valence-electron chi connectivity index (χ1n) is 5.95. The van der Waals surface area contributed by atoms with E-state index in [4.69, 9.17) is 0 Å². The average Bonchev–Trinajstić information content (AvgIpc) is 2.89. The van der Waals surface area contributed by atoms with E-state index in [1.165, 1.54) is 10.5 Å². The number of thiophene rings is 1. The lowest BCUT2D eigenvalue weighted by Crippen LogP contribution is -2.19. The minimum Gasteiger partial charge on any atom is -0.316 e. The molecule has 96 valence electrons. The van der Waals surface area contributed by atoms with E-state index in [2.05, 4.69) is 62.3 Å². The molecule has 1 nitrogen and oxygen atoms in total. The van der Waals surface area contributed by atoms with Gasteiger partial charge in [0.1, 0.15) is 0 Å². The molecule has 0 amide bonds. The fourth-order valence-electron chi connectivity index (χ4n) is 1.56. The monoisotopic (exact) mass is 341 g/mol. The molecule has 0 aliphatic rings. The molecule has 0 aliphatic carbocycles. The van der Waals surface area contributed by atoms with Crippen LogP contribution in [0.2, 0.25) is 0 Å². The van der Waals surface area contributed by atoms with Crippen molar-refractivity contribution >= 4 is 39.0 Å². The minimum atomic E-state index is 1.06. The van der Waals surface area contributed by atoms with E-state index in [0.717, 1.165) is 29.7 Å². The summed E-state index contributed by atoms with van der Waals surface area (Å²) in [5.74, 6) is 1.12. The van der Waals surface area contributed by atoms with Gasteiger partial charge in [-0.05, 0) is 59.6 Å². The van der Waals surface area contributed by atoms with Crippen molar-refractivity contribution in [1.29, 1.82) is 0 Å². The molecule has 2 aromatic rings. The molecule has 2 rings (SSSR count). The van der Waals surface area contributed by atoms with Crippen molar-refractivity contribution in [2.45, 2.75) is 11.3 Å². The molecule has 0 saturated carbocycles. The SMILES string of the molecule is Brc1ccc(SCCNCCc2ccsc2)cc1. The molecule has 1 N–H and O–H groups in total. The molecule has 0 fully saturated rings. The molecule has 18 heavy (non-hydrogen) atoms. The van der Waals surface area contributed by atoms with Gasteiger partial charge in [0.2, 0.25) is 0 Å². The fourth-order valence-corrected chi connectivity index (χ4v) is 3.34. The van der Waals surface area contributed by atoms with Crippen LogP contribution in [0.5, 0.6) is 0 Å². The minimum absolute atomic E-state index is 1.06. The Labute approximate surface area is 125 Å². The van der Waals surface area contributed by atoms with Gasteiger partial charge in [0.25, 0.3) is 0 Å². The van der Waals surface area contributed by atoms with Crippen molar-refractivity contribution in [3.05, 3.63) is 51.1 Å². The summed E-state index contributed by atoms with van der Waals surface area (Å²) in [6, 6.07) is 10.7. The zero-order valence-corrected chi connectivity index (χ0v) is 13.3. The number of benzene rings is 1. The van der Waals surface area contributed by atoms with Crippen molar-refractivity contribution in [1.82, 2.24) is 5.32 Å². The lowest BCUT2D eigenvalue weighted by atomic mass is 10.2. The topological polar surface area (TPSA) is 12.0 Å². The number of thioether (sulfide) groups is 1. The predicted octanol–water partition coefficient (Wildman–Crippen LogP) is 4.44. The first-order chi connectivity index (χ1) is 8.84. The summed E-state index contributed by atoms with van der Waals surface area (Å²) >= 11 is 7.11. The van der Waals surface area contributed by atoms with Gasteiger partial charge in [-0.25, -0.2) is 0 Å². The second-order valence-electron chi connectivity index (χ2n) is 3.93. The van der Waals surface area contributed by atoms with E-state index in [0.29, 0.717) is 0 Å². The molecule has 0 unspecified atom stereocenters. The van der Waals surface area contributed by atoms with Crippen LogP contribution < -0.4 is 5.32 Å². The van der Waals surface area contributed by atoms with Gasteiger partial charge in [0.05, 0.1) is 0 Å². The highest BCUT2D eigenvalue weighted by atomic mass is 79.9. The van der Waals surface area contributed by atoms with Gasteiger partial charge < -0.3 is 5.32 Å². The lowest BCUT2D eigenvalue weighted by molar-refractivity contribution is 0.722. The summed E-state index contributed by atoms with van der Waals surface area (Å²) in [7, 11) is 0. The van der Waals surface area contributed by atoms with Crippen LogP contribution in [-0.2, 0) is 6.42 Å². The van der Waals surface area contributed by atoms with Crippen LogP contribution >= 0.6 is 39.0 Å². The van der Waals surface area contributed by atoms with Gasteiger partial charge in [-0.2, -0.15) is 11.3 Å². The number of hydrogen-bond donors (Lipinski definition) is 1. The molecular weight excluding hydrogens is 326 g/mol. The Bertz CT molecular complexity index is 439. The van der Waals surface area contributed by atoms with Gasteiger partial charge >= 0.3 is 0 Å². The van der Waals surface area contributed by atoms with Crippen LogP contribution in [0, 0.1) is 0 Å². The zero-order valence-electron chi connectivity index (χ0n) is 10.1. The van der Waals surface area contributed by atoms with Gasteiger partial charge in [0.15, 0.2) is 0 Å². The van der Waals surface area contributed by atoms with Crippen LogP contribution in [0.25, 0.3) is 0 Å². The Kier molecular flexibility index (Phi) is 6.28. The average molecular weight is 342 g/mol. The highest BCUT2D eigenvalue weighted by Crippen LogP contribution is 2.19. The first-order valence-corrected chi connectivity index (χ1v) is 8.67. The Morgan fingerprint density at radius 1 is 1.11 bits per heavy atom. The van der Waals surface area contributed by atoms with E-state index in [1.807, 2.05) is 11.8 Å². The predicted molar refractivity (Wildman–Crippen MR) is 85.8 cm³/mol. The smallest absolute Gasteiger partial charge is 0.0176 e. The summed E-state index contributed by atoms with van der Waals surface area (Å²) in [4.78, 5) is 1.33. The van der Waals surface area contributed by atoms with Crippen molar-refractivity contribution in [2.75, 3.05) is 18.8 Å². The van der Waals surface area contributed by atoms with Crippen LogP contribution in [-0.4, -0.2) is 18.8 Å². The highest BCUT2D eigenvalue weighted by Gasteiger charge is 1.95. The van der Waals surface area contributed by atoms with Gasteiger partial charge in [0, 0.05) is 21.7 Å². The number of hydrogen-bond acceptors (Lipinski definition) is 3. The highest BCUT2D eigenvalue weighted by molar-refractivity contribution is 9.10. The molecule has 1 aromatic carbocycles. The number of halogens is 1. The Hall–Kier alpha value is -0.290. The Morgan fingerprint density at radius 2 is 1.94 bits per heavy atom. The lowest BCUT2D eigenvalue weighted by Gasteiger charge is -2.04. The van der Waals surface area contributed by atoms with E-state index < -0.39 is 0 Å².